The lowest BCUT2D eigenvalue weighted by atomic mass is 10.0. The summed E-state index contributed by atoms with van der Waals surface area (Å²) in [6.07, 6.45) is 2.32. The number of carbonyl (C=O) groups is 1. The molecule has 0 bridgehead atoms. The van der Waals surface area contributed by atoms with Gasteiger partial charge in [-0.3, -0.25) is 0 Å². The average Bonchev–Trinajstić information content (AvgIpc) is 2.99. The Kier molecular flexibility index (Phi) is 5.83. The maximum atomic E-state index is 12.4. The molecule has 22 heavy (non-hydrogen) atoms. The minimum absolute atomic E-state index is 0.00196. The number of aryl methyl sites for hydroxylation is 1. The topological polar surface area (TPSA) is 52.6 Å². The number of rotatable bonds is 5. The molecule has 0 aromatic heterocycles. The number of hydrogen-bond donors (Lipinski definition) is 2. The molecule has 1 aromatic rings. The van der Waals surface area contributed by atoms with Gasteiger partial charge in [-0.25, -0.2) is 4.79 Å². The molecule has 4 nitrogen and oxygen atoms in total. The highest BCUT2D eigenvalue weighted by Crippen LogP contribution is 2.19. The lowest BCUT2D eigenvalue weighted by Crippen LogP contribution is -2.44. The van der Waals surface area contributed by atoms with Crippen molar-refractivity contribution in [3.8, 4) is 0 Å². The van der Waals surface area contributed by atoms with Gasteiger partial charge in [0.2, 0.25) is 0 Å². The van der Waals surface area contributed by atoms with Crippen LogP contribution in [0.1, 0.15) is 37.8 Å². The molecule has 0 radical (unpaired) electrons. The first-order chi connectivity index (χ1) is 10.5. The van der Waals surface area contributed by atoms with Crippen molar-refractivity contribution in [2.45, 2.75) is 52.2 Å². The van der Waals surface area contributed by atoms with Crippen LogP contribution in [0.25, 0.3) is 0 Å². The first-order valence-corrected chi connectivity index (χ1v) is 8.28. The second kappa shape index (κ2) is 7.63. The van der Waals surface area contributed by atoms with E-state index in [1.807, 2.05) is 4.90 Å². The van der Waals surface area contributed by atoms with E-state index in [1.54, 1.807) is 6.92 Å². The standard InChI is InChI=1S/C18H28N2O2/c1-4-17(11-15-7-5-13(2)6-8-15)19-18(22)20-10-9-16(12-20)14(3)21/h5-8,14,16-17,21H,4,9-12H2,1-3H3,(H,19,22)/t14-,16+,17+/m0/s1. The number of aliphatic hydroxyl groups excluding tert-OH is 1. The number of benzene rings is 1. The van der Waals surface area contributed by atoms with Gasteiger partial charge in [-0.2, -0.15) is 0 Å². The zero-order valence-electron chi connectivity index (χ0n) is 13.9. The smallest absolute Gasteiger partial charge is 0.317 e. The lowest BCUT2D eigenvalue weighted by molar-refractivity contribution is 0.129. The van der Waals surface area contributed by atoms with Gasteiger partial charge >= 0.3 is 6.03 Å². The molecule has 0 saturated carbocycles. The number of urea groups is 1. The molecule has 2 N–H and O–H groups in total. The van der Waals surface area contributed by atoms with Crippen LogP contribution in [0.4, 0.5) is 4.79 Å². The molecule has 0 spiro atoms. The SMILES string of the molecule is CC[C@H](Cc1ccc(C)cc1)NC(=O)N1CC[C@@H]([C@H](C)O)C1. The highest BCUT2D eigenvalue weighted by Gasteiger charge is 2.29. The molecule has 4 heteroatoms. The summed E-state index contributed by atoms with van der Waals surface area (Å²) in [6, 6.07) is 8.63. The molecule has 1 aromatic carbocycles. The van der Waals surface area contributed by atoms with E-state index in [-0.39, 0.29) is 24.1 Å². The van der Waals surface area contributed by atoms with Gasteiger partial charge in [0, 0.05) is 25.0 Å². The molecule has 1 heterocycles. The first-order valence-electron chi connectivity index (χ1n) is 8.28. The van der Waals surface area contributed by atoms with Crippen LogP contribution in [-0.4, -0.2) is 41.3 Å². The average molecular weight is 304 g/mol. The van der Waals surface area contributed by atoms with Crippen LogP contribution in [0.3, 0.4) is 0 Å². The highest BCUT2D eigenvalue weighted by atomic mass is 16.3. The number of nitrogens with zero attached hydrogens (tertiary/aromatic N) is 1. The number of nitrogens with one attached hydrogen (secondary N) is 1. The third-order valence-corrected chi connectivity index (χ3v) is 4.62. The third-order valence-electron chi connectivity index (χ3n) is 4.62. The fourth-order valence-electron chi connectivity index (χ4n) is 2.94. The molecular formula is C18H28N2O2. The van der Waals surface area contributed by atoms with Crippen LogP contribution < -0.4 is 5.32 Å². The Morgan fingerprint density at radius 1 is 1.41 bits per heavy atom. The van der Waals surface area contributed by atoms with Gasteiger partial charge in [0.05, 0.1) is 6.10 Å². The Balaban J connectivity index is 1.87. The van der Waals surface area contributed by atoms with Crippen LogP contribution in [0.5, 0.6) is 0 Å². The predicted molar refractivity (Wildman–Crippen MR) is 88.9 cm³/mol. The number of likely N-dealkylation sites (tertiary alicyclic amines) is 1. The van der Waals surface area contributed by atoms with Crippen LogP contribution in [0.2, 0.25) is 0 Å². The summed E-state index contributed by atoms with van der Waals surface area (Å²) < 4.78 is 0. The fourth-order valence-corrected chi connectivity index (χ4v) is 2.94. The Bertz CT molecular complexity index is 484. The summed E-state index contributed by atoms with van der Waals surface area (Å²) in [4.78, 5) is 14.2. The zero-order valence-corrected chi connectivity index (χ0v) is 13.9. The number of carbonyl (C=O) groups excluding carboxylic acids is 1. The van der Waals surface area contributed by atoms with Gasteiger partial charge in [0.15, 0.2) is 0 Å². The van der Waals surface area contributed by atoms with E-state index < -0.39 is 0 Å². The van der Waals surface area contributed by atoms with Crippen molar-refractivity contribution in [1.82, 2.24) is 10.2 Å². The second-order valence-electron chi connectivity index (χ2n) is 6.48. The maximum Gasteiger partial charge on any atom is 0.317 e. The number of hydrogen-bond acceptors (Lipinski definition) is 2. The van der Waals surface area contributed by atoms with E-state index in [0.717, 1.165) is 25.8 Å². The number of amides is 2. The Labute approximate surface area is 133 Å². The van der Waals surface area contributed by atoms with Crippen LogP contribution in [0, 0.1) is 12.8 Å². The van der Waals surface area contributed by atoms with Crippen molar-refractivity contribution in [2.24, 2.45) is 5.92 Å². The van der Waals surface area contributed by atoms with E-state index in [4.69, 9.17) is 0 Å². The predicted octanol–water partition coefficient (Wildman–Crippen LogP) is 2.73. The van der Waals surface area contributed by atoms with Crippen LogP contribution >= 0.6 is 0 Å². The normalized spacial score (nSPS) is 20.7. The summed E-state index contributed by atoms with van der Waals surface area (Å²) in [6.45, 7) is 7.38. The van der Waals surface area contributed by atoms with Gasteiger partial charge in [-0.1, -0.05) is 36.8 Å². The van der Waals surface area contributed by atoms with Crippen molar-refractivity contribution in [1.29, 1.82) is 0 Å². The summed E-state index contributed by atoms with van der Waals surface area (Å²) in [5.41, 5.74) is 2.50. The molecule has 3 atom stereocenters. The zero-order chi connectivity index (χ0) is 16.1. The summed E-state index contributed by atoms with van der Waals surface area (Å²) in [7, 11) is 0. The second-order valence-corrected chi connectivity index (χ2v) is 6.48. The monoisotopic (exact) mass is 304 g/mol. The lowest BCUT2D eigenvalue weighted by Gasteiger charge is -2.23. The van der Waals surface area contributed by atoms with Gasteiger partial charge in [-0.05, 0) is 38.7 Å². The van der Waals surface area contributed by atoms with Crippen molar-refractivity contribution in [2.75, 3.05) is 13.1 Å². The maximum absolute atomic E-state index is 12.4. The highest BCUT2D eigenvalue weighted by molar-refractivity contribution is 5.74. The molecule has 0 aliphatic carbocycles. The van der Waals surface area contributed by atoms with Crippen molar-refractivity contribution < 1.29 is 9.90 Å². The third kappa shape index (κ3) is 4.47. The van der Waals surface area contributed by atoms with Crippen molar-refractivity contribution >= 4 is 6.03 Å². The first kappa shape index (κ1) is 16.8. The molecule has 1 aliphatic heterocycles. The molecule has 1 aliphatic rings. The molecule has 0 unspecified atom stereocenters. The van der Waals surface area contributed by atoms with Gasteiger partial charge in [0.1, 0.15) is 0 Å². The van der Waals surface area contributed by atoms with Crippen molar-refractivity contribution in [3.05, 3.63) is 35.4 Å². The van der Waals surface area contributed by atoms with Gasteiger partial charge < -0.3 is 15.3 Å². The van der Waals surface area contributed by atoms with E-state index >= 15 is 0 Å². The van der Waals surface area contributed by atoms with Crippen molar-refractivity contribution in [3.63, 3.8) is 0 Å². The molecule has 2 amide bonds. The van der Waals surface area contributed by atoms with Gasteiger partial charge in [0.25, 0.3) is 0 Å². The fraction of sp³-hybridized carbons (Fsp3) is 0.611. The molecular weight excluding hydrogens is 276 g/mol. The van der Waals surface area contributed by atoms with E-state index in [2.05, 4.69) is 43.4 Å². The Hall–Kier alpha value is -1.55. The molecule has 2 rings (SSSR count). The summed E-state index contributed by atoms with van der Waals surface area (Å²) >= 11 is 0. The molecule has 1 fully saturated rings. The Morgan fingerprint density at radius 3 is 2.64 bits per heavy atom. The molecule has 1 saturated heterocycles. The minimum atomic E-state index is -0.340. The van der Waals surface area contributed by atoms with E-state index in [0.29, 0.717) is 6.54 Å². The van der Waals surface area contributed by atoms with E-state index in [1.165, 1.54) is 11.1 Å². The van der Waals surface area contributed by atoms with Gasteiger partial charge in [-0.15, -0.1) is 0 Å². The minimum Gasteiger partial charge on any atom is -0.393 e. The van der Waals surface area contributed by atoms with Crippen LogP contribution in [-0.2, 0) is 6.42 Å². The largest absolute Gasteiger partial charge is 0.393 e. The van der Waals surface area contributed by atoms with E-state index in [9.17, 15) is 9.90 Å². The Morgan fingerprint density at radius 2 is 2.09 bits per heavy atom. The molecule has 122 valence electrons. The van der Waals surface area contributed by atoms with Crippen LogP contribution in [0.15, 0.2) is 24.3 Å². The number of aliphatic hydroxyl groups is 1. The summed E-state index contributed by atoms with van der Waals surface area (Å²) in [5.74, 6) is 0.211. The summed E-state index contributed by atoms with van der Waals surface area (Å²) in [5, 5.41) is 12.8. The quantitative estimate of drug-likeness (QED) is 0.879.